The molecule has 0 atom stereocenters. The molecular formula is C12H14N4O3. The van der Waals surface area contributed by atoms with Crippen molar-refractivity contribution in [3.8, 4) is 6.01 Å². The van der Waals surface area contributed by atoms with Crippen LogP contribution in [-0.4, -0.2) is 35.3 Å². The summed E-state index contributed by atoms with van der Waals surface area (Å²) >= 11 is 0. The van der Waals surface area contributed by atoms with Crippen molar-refractivity contribution in [3.05, 3.63) is 35.4 Å². The zero-order valence-corrected chi connectivity index (χ0v) is 10.6. The van der Waals surface area contributed by atoms with E-state index in [1.165, 1.54) is 7.11 Å². The number of benzene rings is 1. The minimum absolute atomic E-state index is 0.167. The third kappa shape index (κ3) is 3.08. The van der Waals surface area contributed by atoms with E-state index in [0.29, 0.717) is 12.2 Å². The van der Waals surface area contributed by atoms with Crippen LogP contribution in [0.1, 0.15) is 15.9 Å². The first kappa shape index (κ1) is 13.0. The number of hydrogen-bond acceptors (Lipinski definition) is 5. The number of nitrogens with one attached hydrogen (secondary N) is 2. The van der Waals surface area contributed by atoms with Crippen molar-refractivity contribution >= 4 is 11.9 Å². The molecule has 0 radical (unpaired) electrons. The summed E-state index contributed by atoms with van der Waals surface area (Å²) in [7, 11) is 3.03. The molecule has 0 spiro atoms. The van der Waals surface area contributed by atoms with Gasteiger partial charge in [0, 0.05) is 12.7 Å². The zero-order valence-electron chi connectivity index (χ0n) is 10.6. The van der Waals surface area contributed by atoms with Crippen molar-refractivity contribution in [2.45, 2.75) is 6.61 Å². The van der Waals surface area contributed by atoms with Gasteiger partial charge in [-0.2, -0.15) is 4.98 Å². The number of methoxy groups -OCH3 is 2. The maximum Gasteiger partial charge on any atom is 0.336 e. The molecule has 2 aromatic rings. The van der Waals surface area contributed by atoms with Gasteiger partial charge in [0.15, 0.2) is 0 Å². The topological polar surface area (TPSA) is 89.1 Å². The Balaban J connectivity index is 2.15. The second-order valence-electron chi connectivity index (χ2n) is 3.71. The number of nitrogens with zero attached hydrogens (tertiary/aromatic N) is 2. The smallest absolute Gasteiger partial charge is 0.336 e. The number of rotatable bonds is 5. The van der Waals surface area contributed by atoms with E-state index in [1.807, 2.05) is 12.1 Å². The molecule has 1 aromatic carbocycles. The number of hydrogen-bond donors (Lipinski definition) is 2. The number of amides is 1. The molecule has 7 nitrogen and oxygen atoms in total. The highest BCUT2D eigenvalue weighted by Gasteiger charge is 2.13. The lowest BCUT2D eigenvalue weighted by molar-refractivity contribution is 0.102. The normalized spacial score (nSPS) is 10.2. The molecule has 0 fully saturated rings. The van der Waals surface area contributed by atoms with Gasteiger partial charge < -0.3 is 9.47 Å². The summed E-state index contributed by atoms with van der Waals surface area (Å²) in [5, 5.41) is 8.91. The van der Waals surface area contributed by atoms with Crippen LogP contribution in [-0.2, 0) is 11.3 Å². The summed E-state index contributed by atoms with van der Waals surface area (Å²) in [6.45, 7) is 0.364. The molecule has 1 aromatic heterocycles. The maximum absolute atomic E-state index is 12.1. The molecule has 0 aliphatic carbocycles. The van der Waals surface area contributed by atoms with Crippen LogP contribution in [0.2, 0.25) is 0 Å². The molecule has 0 bridgehead atoms. The average molecular weight is 262 g/mol. The summed E-state index contributed by atoms with van der Waals surface area (Å²) in [6.07, 6.45) is 0. The molecule has 0 aliphatic heterocycles. The molecule has 1 heterocycles. The number of ether oxygens (including phenoxy) is 2. The highest BCUT2D eigenvalue weighted by atomic mass is 16.5. The highest BCUT2D eigenvalue weighted by Crippen LogP contribution is 2.12. The van der Waals surface area contributed by atoms with E-state index in [-0.39, 0.29) is 17.9 Å². The van der Waals surface area contributed by atoms with E-state index >= 15 is 0 Å². The molecule has 2 N–H and O–H groups in total. The van der Waals surface area contributed by atoms with Gasteiger partial charge in [-0.15, -0.1) is 5.10 Å². The summed E-state index contributed by atoms with van der Waals surface area (Å²) < 4.78 is 9.87. The molecular weight excluding hydrogens is 248 g/mol. The first-order valence-corrected chi connectivity index (χ1v) is 5.59. The second-order valence-corrected chi connectivity index (χ2v) is 3.71. The summed E-state index contributed by atoms with van der Waals surface area (Å²) in [5.41, 5.74) is 1.33. The number of H-pyrrole nitrogens is 1. The number of aromatic amines is 1. The van der Waals surface area contributed by atoms with Crippen LogP contribution in [0.15, 0.2) is 24.3 Å². The molecule has 2 rings (SSSR count). The van der Waals surface area contributed by atoms with Crippen LogP contribution in [0, 0.1) is 0 Å². The van der Waals surface area contributed by atoms with Crippen molar-refractivity contribution in [1.82, 2.24) is 15.2 Å². The molecule has 0 saturated carbocycles. The second kappa shape index (κ2) is 5.96. The first-order valence-electron chi connectivity index (χ1n) is 5.59. The number of aromatic nitrogens is 3. The molecule has 0 aliphatic rings. The van der Waals surface area contributed by atoms with Gasteiger partial charge in [0.05, 0.1) is 13.7 Å². The van der Waals surface area contributed by atoms with E-state index in [1.54, 1.807) is 19.2 Å². The Kier molecular flexibility index (Phi) is 4.09. The molecule has 100 valence electrons. The van der Waals surface area contributed by atoms with E-state index in [2.05, 4.69) is 20.5 Å². The van der Waals surface area contributed by atoms with E-state index < -0.39 is 0 Å². The van der Waals surface area contributed by atoms with Gasteiger partial charge in [-0.3, -0.25) is 10.1 Å². The minimum atomic E-state index is -0.286. The van der Waals surface area contributed by atoms with Gasteiger partial charge in [-0.05, 0) is 11.6 Å². The fraction of sp³-hybridized carbons (Fsp3) is 0.250. The Hall–Kier alpha value is -2.41. The van der Waals surface area contributed by atoms with E-state index in [4.69, 9.17) is 9.47 Å². The Bertz CT molecular complexity index is 568. The summed E-state index contributed by atoms with van der Waals surface area (Å²) in [5.74, 6) is -0.0551. The molecule has 19 heavy (non-hydrogen) atoms. The standard InChI is InChI=1S/C12H14N4O3/c1-18-7-8-5-3-4-6-9(8)10(17)13-11-14-12(19-2)16-15-11/h3-6H,7H2,1-2H3,(H2,13,14,15,16,17). The van der Waals surface area contributed by atoms with Gasteiger partial charge in [-0.1, -0.05) is 18.2 Å². The van der Waals surface area contributed by atoms with Gasteiger partial charge in [-0.25, -0.2) is 5.10 Å². The Morgan fingerprint density at radius 1 is 1.37 bits per heavy atom. The maximum atomic E-state index is 12.1. The van der Waals surface area contributed by atoms with E-state index in [0.717, 1.165) is 5.56 Å². The van der Waals surface area contributed by atoms with Gasteiger partial charge in [0.2, 0.25) is 5.95 Å². The van der Waals surface area contributed by atoms with Crippen molar-refractivity contribution in [2.75, 3.05) is 19.5 Å². The summed E-state index contributed by atoms with van der Waals surface area (Å²) in [4.78, 5) is 16.0. The Morgan fingerprint density at radius 3 is 2.84 bits per heavy atom. The summed E-state index contributed by atoms with van der Waals surface area (Å²) in [6, 6.07) is 7.36. The van der Waals surface area contributed by atoms with Crippen LogP contribution >= 0.6 is 0 Å². The molecule has 1 amide bonds. The first-order chi connectivity index (χ1) is 9.24. The lowest BCUT2D eigenvalue weighted by Crippen LogP contribution is -2.15. The molecule has 7 heteroatoms. The predicted molar refractivity (Wildman–Crippen MR) is 68.0 cm³/mol. The van der Waals surface area contributed by atoms with Crippen molar-refractivity contribution < 1.29 is 14.3 Å². The average Bonchev–Trinajstić information content (AvgIpc) is 2.87. The van der Waals surface area contributed by atoms with E-state index in [9.17, 15) is 4.79 Å². The highest BCUT2D eigenvalue weighted by molar-refractivity contribution is 6.04. The van der Waals surface area contributed by atoms with Crippen molar-refractivity contribution in [2.24, 2.45) is 0 Å². The van der Waals surface area contributed by atoms with Crippen LogP contribution < -0.4 is 10.1 Å². The number of carbonyl (C=O) groups is 1. The van der Waals surface area contributed by atoms with Crippen LogP contribution in [0.3, 0.4) is 0 Å². The minimum Gasteiger partial charge on any atom is -0.466 e. The fourth-order valence-electron chi connectivity index (χ4n) is 1.59. The van der Waals surface area contributed by atoms with Gasteiger partial charge in [0.25, 0.3) is 5.91 Å². The molecule has 0 unspecified atom stereocenters. The fourth-order valence-corrected chi connectivity index (χ4v) is 1.59. The van der Waals surface area contributed by atoms with Crippen LogP contribution in [0.4, 0.5) is 5.95 Å². The lowest BCUT2D eigenvalue weighted by atomic mass is 10.1. The zero-order chi connectivity index (χ0) is 13.7. The molecule has 0 saturated heterocycles. The number of anilines is 1. The van der Waals surface area contributed by atoms with Crippen molar-refractivity contribution in [1.29, 1.82) is 0 Å². The Morgan fingerprint density at radius 2 is 2.16 bits per heavy atom. The monoisotopic (exact) mass is 262 g/mol. The largest absolute Gasteiger partial charge is 0.466 e. The lowest BCUT2D eigenvalue weighted by Gasteiger charge is -2.07. The Labute approximate surface area is 110 Å². The third-order valence-electron chi connectivity index (χ3n) is 2.44. The van der Waals surface area contributed by atoms with Crippen LogP contribution in [0.5, 0.6) is 6.01 Å². The van der Waals surface area contributed by atoms with Crippen molar-refractivity contribution in [3.63, 3.8) is 0 Å². The predicted octanol–water partition coefficient (Wildman–Crippen LogP) is 1.21. The SMILES string of the molecule is COCc1ccccc1C(=O)Nc1nc(OC)n[nH]1. The number of carbonyl (C=O) groups excluding carboxylic acids is 1. The van der Waals surface area contributed by atoms with Crippen LogP contribution in [0.25, 0.3) is 0 Å². The van der Waals surface area contributed by atoms with Gasteiger partial charge in [0.1, 0.15) is 0 Å². The third-order valence-corrected chi connectivity index (χ3v) is 2.44. The van der Waals surface area contributed by atoms with Gasteiger partial charge >= 0.3 is 6.01 Å². The quantitative estimate of drug-likeness (QED) is 0.845.